The Kier molecular flexibility index (Phi) is 6.30. The summed E-state index contributed by atoms with van der Waals surface area (Å²) in [4.78, 5) is 12.2. The molecule has 0 bridgehead atoms. The minimum Gasteiger partial charge on any atom is -0.489 e. The van der Waals surface area contributed by atoms with Crippen LogP contribution < -0.4 is 15.4 Å². The highest BCUT2D eigenvalue weighted by Gasteiger charge is 2.17. The summed E-state index contributed by atoms with van der Waals surface area (Å²) in [6.07, 6.45) is 2.23. The number of para-hydroxylation sites is 3. The number of carbonyl (C=O) groups excluding carboxylic acids is 1. The molecule has 0 saturated carbocycles. The fourth-order valence-corrected chi connectivity index (χ4v) is 3.05. The second-order valence-electron chi connectivity index (χ2n) is 5.82. The molecule has 5 nitrogen and oxygen atoms in total. The van der Waals surface area contributed by atoms with E-state index in [2.05, 4.69) is 26.6 Å². The van der Waals surface area contributed by atoms with Crippen molar-refractivity contribution in [2.75, 3.05) is 30.4 Å². The third kappa shape index (κ3) is 5.21. The molecule has 2 N–H and O–H groups in total. The monoisotopic (exact) mass is 404 g/mol. The van der Waals surface area contributed by atoms with Gasteiger partial charge >= 0.3 is 0 Å². The minimum atomic E-state index is -0.135. The van der Waals surface area contributed by atoms with E-state index in [1.54, 1.807) is 0 Å². The van der Waals surface area contributed by atoms with E-state index < -0.39 is 0 Å². The molecule has 2 aromatic rings. The first-order valence-electron chi connectivity index (χ1n) is 8.34. The molecule has 25 heavy (non-hydrogen) atoms. The van der Waals surface area contributed by atoms with Gasteiger partial charge in [-0.05, 0) is 53.0 Å². The van der Waals surface area contributed by atoms with Crippen LogP contribution in [-0.4, -0.2) is 31.8 Å². The lowest BCUT2D eigenvalue weighted by atomic mass is 10.2. The number of amides is 1. The standard InChI is InChI=1S/C19H21BrN2O3/c20-15-7-1-2-8-16(15)21-12-19(23)22-17-9-3-4-10-18(17)25-13-14-6-5-11-24-14/h1-4,7-10,14,21H,5-6,11-13H2,(H,22,23). The van der Waals surface area contributed by atoms with Crippen LogP contribution in [0.4, 0.5) is 11.4 Å². The highest BCUT2D eigenvalue weighted by atomic mass is 79.9. The van der Waals surface area contributed by atoms with Gasteiger partial charge in [-0.2, -0.15) is 0 Å². The Morgan fingerprint density at radius 1 is 1.16 bits per heavy atom. The first-order valence-corrected chi connectivity index (χ1v) is 9.13. The maximum absolute atomic E-state index is 12.2. The van der Waals surface area contributed by atoms with Crippen molar-refractivity contribution < 1.29 is 14.3 Å². The predicted molar refractivity (Wildman–Crippen MR) is 102 cm³/mol. The second kappa shape index (κ2) is 8.87. The Hall–Kier alpha value is -2.05. The molecule has 1 saturated heterocycles. The van der Waals surface area contributed by atoms with Gasteiger partial charge in [-0.25, -0.2) is 0 Å². The summed E-state index contributed by atoms with van der Waals surface area (Å²) in [6, 6.07) is 15.1. The van der Waals surface area contributed by atoms with Crippen molar-refractivity contribution in [1.29, 1.82) is 0 Å². The summed E-state index contributed by atoms with van der Waals surface area (Å²) in [7, 11) is 0. The largest absolute Gasteiger partial charge is 0.489 e. The Labute approximate surface area is 155 Å². The lowest BCUT2D eigenvalue weighted by Gasteiger charge is -2.15. The average Bonchev–Trinajstić information content (AvgIpc) is 3.14. The average molecular weight is 405 g/mol. The lowest BCUT2D eigenvalue weighted by molar-refractivity contribution is -0.114. The zero-order chi connectivity index (χ0) is 17.5. The van der Waals surface area contributed by atoms with Gasteiger partial charge in [0.2, 0.25) is 5.91 Å². The Morgan fingerprint density at radius 2 is 1.92 bits per heavy atom. The van der Waals surface area contributed by atoms with Crippen LogP contribution in [0.15, 0.2) is 53.0 Å². The molecule has 0 spiro atoms. The van der Waals surface area contributed by atoms with Gasteiger partial charge in [0.05, 0.1) is 18.3 Å². The molecular formula is C19H21BrN2O3. The predicted octanol–water partition coefficient (Wildman–Crippen LogP) is 4.06. The summed E-state index contributed by atoms with van der Waals surface area (Å²) in [5, 5.41) is 6.00. The number of anilines is 2. The van der Waals surface area contributed by atoms with Crippen molar-refractivity contribution in [3.8, 4) is 5.75 Å². The summed E-state index contributed by atoms with van der Waals surface area (Å²) < 4.78 is 12.3. The van der Waals surface area contributed by atoms with E-state index in [4.69, 9.17) is 9.47 Å². The van der Waals surface area contributed by atoms with E-state index in [0.29, 0.717) is 18.0 Å². The smallest absolute Gasteiger partial charge is 0.243 e. The van der Waals surface area contributed by atoms with Gasteiger partial charge in [-0.15, -0.1) is 0 Å². The molecule has 3 rings (SSSR count). The normalized spacial score (nSPS) is 16.4. The zero-order valence-electron chi connectivity index (χ0n) is 13.8. The molecule has 1 unspecified atom stereocenters. The summed E-state index contributed by atoms with van der Waals surface area (Å²) in [5.74, 6) is 0.524. The highest BCUT2D eigenvalue weighted by molar-refractivity contribution is 9.10. The fraction of sp³-hybridized carbons (Fsp3) is 0.316. The molecule has 132 valence electrons. The number of nitrogens with one attached hydrogen (secondary N) is 2. The first kappa shape index (κ1) is 17.8. The topological polar surface area (TPSA) is 59.6 Å². The number of hydrogen-bond donors (Lipinski definition) is 2. The molecule has 1 amide bonds. The van der Waals surface area contributed by atoms with E-state index in [0.717, 1.165) is 29.6 Å². The van der Waals surface area contributed by atoms with Crippen LogP contribution in [0.2, 0.25) is 0 Å². The van der Waals surface area contributed by atoms with Crippen molar-refractivity contribution in [1.82, 2.24) is 0 Å². The Bertz CT molecular complexity index is 717. The van der Waals surface area contributed by atoms with E-state index in [1.165, 1.54) is 0 Å². The van der Waals surface area contributed by atoms with Gasteiger partial charge in [0.25, 0.3) is 0 Å². The van der Waals surface area contributed by atoms with E-state index in [-0.39, 0.29) is 18.6 Å². The molecule has 2 aromatic carbocycles. The van der Waals surface area contributed by atoms with Gasteiger partial charge < -0.3 is 20.1 Å². The number of carbonyl (C=O) groups is 1. The maximum Gasteiger partial charge on any atom is 0.243 e. The number of benzene rings is 2. The number of rotatable bonds is 7. The van der Waals surface area contributed by atoms with Crippen molar-refractivity contribution in [3.05, 3.63) is 53.0 Å². The molecule has 1 heterocycles. The summed E-state index contributed by atoms with van der Waals surface area (Å²) in [5.41, 5.74) is 1.54. The van der Waals surface area contributed by atoms with Gasteiger partial charge in [0.1, 0.15) is 12.4 Å². The van der Waals surface area contributed by atoms with Crippen LogP contribution in [-0.2, 0) is 9.53 Å². The van der Waals surface area contributed by atoms with E-state index >= 15 is 0 Å². The van der Waals surface area contributed by atoms with Crippen molar-refractivity contribution in [3.63, 3.8) is 0 Å². The number of hydrogen-bond acceptors (Lipinski definition) is 4. The molecule has 1 aliphatic heterocycles. The summed E-state index contributed by atoms with van der Waals surface area (Å²) in [6.45, 7) is 1.47. The number of ether oxygens (including phenoxy) is 2. The van der Waals surface area contributed by atoms with Crippen molar-refractivity contribution in [2.45, 2.75) is 18.9 Å². The van der Waals surface area contributed by atoms with Crippen LogP contribution in [0.25, 0.3) is 0 Å². The van der Waals surface area contributed by atoms with Crippen LogP contribution >= 0.6 is 15.9 Å². The molecule has 1 atom stereocenters. The van der Waals surface area contributed by atoms with Crippen LogP contribution in [0, 0.1) is 0 Å². The van der Waals surface area contributed by atoms with Crippen molar-refractivity contribution >= 4 is 33.2 Å². The molecule has 6 heteroatoms. The van der Waals surface area contributed by atoms with Gasteiger partial charge in [-0.3, -0.25) is 4.79 Å². The van der Waals surface area contributed by atoms with Crippen LogP contribution in [0.1, 0.15) is 12.8 Å². The Morgan fingerprint density at radius 3 is 2.68 bits per heavy atom. The number of halogens is 1. The second-order valence-corrected chi connectivity index (χ2v) is 6.68. The van der Waals surface area contributed by atoms with Crippen molar-refractivity contribution in [2.24, 2.45) is 0 Å². The molecule has 1 fully saturated rings. The summed E-state index contributed by atoms with van der Waals surface area (Å²) >= 11 is 3.45. The quantitative estimate of drug-likeness (QED) is 0.730. The third-order valence-electron chi connectivity index (χ3n) is 3.92. The lowest BCUT2D eigenvalue weighted by Crippen LogP contribution is -2.23. The van der Waals surface area contributed by atoms with E-state index in [1.807, 2.05) is 48.5 Å². The van der Waals surface area contributed by atoms with Crippen LogP contribution in [0.3, 0.4) is 0 Å². The van der Waals surface area contributed by atoms with Gasteiger partial charge in [0.15, 0.2) is 0 Å². The minimum absolute atomic E-state index is 0.135. The Balaban J connectivity index is 1.54. The molecule has 0 aliphatic carbocycles. The van der Waals surface area contributed by atoms with E-state index in [9.17, 15) is 4.79 Å². The fourth-order valence-electron chi connectivity index (χ4n) is 2.63. The molecule has 0 aromatic heterocycles. The molecular weight excluding hydrogens is 384 g/mol. The first-order chi connectivity index (χ1) is 12.2. The van der Waals surface area contributed by atoms with Gasteiger partial charge in [0, 0.05) is 16.8 Å². The highest BCUT2D eigenvalue weighted by Crippen LogP contribution is 2.25. The van der Waals surface area contributed by atoms with Crippen LogP contribution in [0.5, 0.6) is 5.75 Å². The molecule has 1 aliphatic rings. The van der Waals surface area contributed by atoms with Gasteiger partial charge in [-0.1, -0.05) is 24.3 Å². The molecule has 0 radical (unpaired) electrons. The zero-order valence-corrected chi connectivity index (χ0v) is 15.4. The SMILES string of the molecule is O=C(CNc1ccccc1Br)Nc1ccccc1OCC1CCCO1. The third-order valence-corrected chi connectivity index (χ3v) is 4.61. The maximum atomic E-state index is 12.2.